The van der Waals surface area contributed by atoms with Gasteiger partial charge in [0.1, 0.15) is 6.04 Å². The maximum atomic E-state index is 11.6. The van der Waals surface area contributed by atoms with E-state index in [0.717, 1.165) is 0 Å². The quantitative estimate of drug-likeness (QED) is 0.422. The third-order valence-electron chi connectivity index (χ3n) is 2.81. The van der Waals surface area contributed by atoms with Crippen molar-refractivity contribution in [2.24, 2.45) is 5.92 Å². The number of urea groups is 1. The number of rotatable bonds is 10. The summed E-state index contributed by atoms with van der Waals surface area (Å²) in [6.07, 6.45) is 0.561. The van der Waals surface area contributed by atoms with Crippen LogP contribution in [0.15, 0.2) is 0 Å². The van der Waals surface area contributed by atoms with Crippen LogP contribution in [0.25, 0.3) is 0 Å². The Morgan fingerprint density at radius 3 is 2.43 bits per heavy atom. The second-order valence-electron chi connectivity index (χ2n) is 4.90. The van der Waals surface area contributed by atoms with Crippen LogP contribution in [-0.4, -0.2) is 55.9 Å². The summed E-state index contributed by atoms with van der Waals surface area (Å²) in [5, 5.41) is 16.3. The van der Waals surface area contributed by atoms with Gasteiger partial charge in [0.2, 0.25) is 5.91 Å². The SMILES string of the molecule is COCCNC(=O)C(C)NC(=O)NCC(C)CCC(=O)O. The van der Waals surface area contributed by atoms with Crippen molar-refractivity contribution in [3.63, 3.8) is 0 Å². The molecule has 0 spiro atoms. The summed E-state index contributed by atoms with van der Waals surface area (Å²) in [6.45, 7) is 4.58. The Morgan fingerprint density at radius 2 is 1.86 bits per heavy atom. The monoisotopic (exact) mass is 303 g/mol. The predicted octanol–water partition coefficient (Wildman–Crippen LogP) is -0.0624. The van der Waals surface area contributed by atoms with Gasteiger partial charge in [0.05, 0.1) is 6.61 Å². The number of carboxylic acid groups (broad SMARTS) is 1. The van der Waals surface area contributed by atoms with Crippen molar-refractivity contribution in [2.75, 3.05) is 26.8 Å². The third kappa shape index (κ3) is 10.6. The molecular weight excluding hydrogens is 278 g/mol. The summed E-state index contributed by atoms with van der Waals surface area (Å²) >= 11 is 0. The second kappa shape index (κ2) is 10.9. The topological polar surface area (TPSA) is 117 Å². The number of aliphatic carboxylic acids is 1. The first kappa shape index (κ1) is 19.2. The first-order valence-corrected chi connectivity index (χ1v) is 6.89. The van der Waals surface area contributed by atoms with E-state index in [1.807, 2.05) is 6.92 Å². The zero-order chi connectivity index (χ0) is 16.3. The molecule has 0 fully saturated rings. The molecule has 0 radical (unpaired) electrons. The normalized spacial score (nSPS) is 13.1. The molecule has 0 heterocycles. The molecule has 4 N–H and O–H groups in total. The van der Waals surface area contributed by atoms with Gasteiger partial charge in [-0.2, -0.15) is 0 Å². The van der Waals surface area contributed by atoms with Crippen molar-refractivity contribution in [2.45, 2.75) is 32.7 Å². The van der Waals surface area contributed by atoms with Gasteiger partial charge >= 0.3 is 12.0 Å². The van der Waals surface area contributed by atoms with Crippen LogP contribution in [0.4, 0.5) is 4.79 Å². The summed E-state index contributed by atoms with van der Waals surface area (Å²) in [5.74, 6) is -1.09. The van der Waals surface area contributed by atoms with Crippen molar-refractivity contribution < 1.29 is 24.2 Å². The van der Waals surface area contributed by atoms with Gasteiger partial charge in [-0.05, 0) is 19.3 Å². The number of carbonyl (C=O) groups is 3. The van der Waals surface area contributed by atoms with Gasteiger partial charge in [-0.15, -0.1) is 0 Å². The van der Waals surface area contributed by atoms with Gasteiger partial charge in [0, 0.05) is 26.6 Å². The lowest BCUT2D eigenvalue weighted by atomic mass is 10.1. The highest BCUT2D eigenvalue weighted by molar-refractivity contribution is 5.86. The Kier molecular flexibility index (Phi) is 9.95. The molecule has 3 amide bonds. The van der Waals surface area contributed by atoms with E-state index in [1.54, 1.807) is 6.92 Å². The molecule has 21 heavy (non-hydrogen) atoms. The van der Waals surface area contributed by atoms with Crippen LogP contribution in [-0.2, 0) is 14.3 Å². The van der Waals surface area contributed by atoms with Gasteiger partial charge in [0.25, 0.3) is 0 Å². The maximum Gasteiger partial charge on any atom is 0.315 e. The Morgan fingerprint density at radius 1 is 1.19 bits per heavy atom. The molecule has 0 bridgehead atoms. The first-order chi connectivity index (χ1) is 9.86. The summed E-state index contributed by atoms with van der Waals surface area (Å²) in [6, 6.07) is -1.11. The molecule has 0 aromatic carbocycles. The zero-order valence-electron chi connectivity index (χ0n) is 12.8. The van der Waals surface area contributed by atoms with Crippen molar-refractivity contribution in [3.05, 3.63) is 0 Å². The molecule has 0 aliphatic heterocycles. The number of carbonyl (C=O) groups excluding carboxylic acids is 2. The maximum absolute atomic E-state index is 11.6. The van der Waals surface area contributed by atoms with Gasteiger partial charge in [-0.3, -0.25) is 9.59 Å². The highest BCUT2D eigenvalue weighted by Crippen LogP contribution is 2.03. The van der Waals surface area contributed by atoms with Crippen LogP contribution >= 0.6 is 0 Å². The molecule has 0 rings (SSSR count). The number of amides is 3. The predicted molar refractivity (Wildman–Crippen MR) is 76.9 cm³/mol. The molecule has 0 aliphatic carbocycles. The lowest BCUT2D eigenvalue weighted by Gasteiger charge is -2.16. The van der Waals surface area contributed by atoms with E-state index in [9.17, 15) is 14.4 Å². The number of carboxylic acids is 1. The fourth-order valence-corrected chi connectivity index (χ4v) is 1.48. The highest BCUT2D eigenvalue weighted by atomic mass is 16.5. The number of hydrogen-bond acceptors (Lipinski definition) is 4. The van der Waals surface area contributed by atoms with E-state index in [1.165, 1.54) is 7.11 Å². The van der Waals surface area contributed by atoms with Gasteiger partial charge in [-0.25, -0.2) is 4.79 Å². The molecule has 0 aliphatic rings. The molecule has 8 heteroatoms. The van der Waals surface area contributed by atoms with Crippen LogP contribution in [0.5, 0.6) is 0 Å². The summed E-state index contributed by atoms with van der Waals surface area (Å²) in [7, 11) is 1.53. The van der Waals surface area contributed by atoms with Gasteiger partial charge in [-0.1, -0.05) is 6.92 Å². The van der Waals surface area contributed by atoms with Crippen LogP contribution in [0.3, 0.4) is 0 Å². The summed E-state index contributed by atoms with van der Waals surface area (Å²) in [4.78, 5) is 33.6. The standard InChI is InChI=1S/C13H25N3O5/c1-9(4-5-11(17)18)8-15-13(20)16-10(2)12(19)14-6-7-21-3/h9-10H,4-8H2,1-3H3,(H,14,19)(H,17,18)(H2,15,16,20). The Labute approximate surface area is 124 Å². The number of ether oxygens (including phenoxy) is 1. The fraction of sp³-hybridized carbons (Fsp3) is 0.769. The van der Waals surface area contributed by atoms with Crippen molar-refractivity contribution in [1.82, 2.24) is 16.0 Å². The summed E-state index contributed by atoms with van der Waals surface area (Å²) in [5.41, 5.74) is 0. The molecule has 2 unspecified atom stereocenters. The van der Waals surface area contributed by atoms with Crippen molar-refractivity contribution >= 4 is 17.9 Å². The fourth-order valence-electron chi connectivity index (χ4n) is 1.48. The Balaban J connectivity index is 3.86. The van der Waals surface area contributed by atoms with Crippen molar-refractivity contribution in [1.29, 1.82) is 0 Å². The highest BCUT2D eigenvalue weighted by Gasteiger charge is 2.15. The van der Waals surface area contributed by atoms with E-state index >= 15 is 0 Å². The zero-order valence-corrected chi connectivity index (χ0v) is 12.8. The van der Waals surface area contributed by atoms with Crippen molar-refractivity contribution in [3.8, 4) is 0 Å². The minimum atomic E-state index is -0.854. The molecule has 0 aromatic heterocycles. The average Bonchev–Trinajstić information content (AvgIpc) is 2.42. The average molecular weight is 303 g/mol. The smallest absolute Gasteiger partial charge is 0.315 e. The second-order valence-corrected chi connectivity index (χ2v) is 4.90. The molecular formula is C13H25N3O5. The van der Waals surface area contributed by atoms with Crippen LogP contribution < -0.4 is 16.0 Å². The molecule has 2 atom stereocenters. The van der Waals surface area contributed by atoms with Crippen LogP contribution in [0.1, 0.15) is 26.7 Å². The minimum absolute atomic E-state index is 0.0534. The molecule has 0 saturated heterocycles. The Bertz CT molecular complexity index is 349. The van der Waals surface area contributed by atoms with E-state index in [-0.39, 0.29) is 18.2 Å². The van der Waals surface area contributed by atoms with E-state index in [2.05, 4.69) is 16.0 Å². The molecule has 0 aromatic rings. The molecule has 122 valence electrons. The molecule has 8 nitrogen and oxygen atoms in total. The minimum Gasteiger partial charge on any atom is -0.481 e. The largest absolute Gasteiger partial charge is 0.481 e. The van der Waals surface area contributed by atoms with E-state index < -0.39 is 18.0 Å². The lowest BCUT2D eigenvalue weighted by Crippen LogP contribution is -2.49. The van der Waals surface area contributed by atoms with E-state index in [0.29, 0.717) is 26.1 Å². The van der Waals surface area contributed by atoms with Gasteiger partial charge < -0.3 is 25.8 Å². The molecule has 0 saturated carbocycles. The van der Waals surface area contributed by atoms with E-state index in [4.69, 9.17) is 9.84 Å². The third-order valence-corrected chi connectivity index (χ3v) is 2.81. The first-order valence-electron chi connectivity index (χ1n) is 6.89. The summed E-state index contributed by atoms with van der Waals surface area (Å²) < 4.78 is 4.80. The lowest BCUT2D eigenvalue weighted by molar-refractivity contribution is -0.137. The number of hydrogen-bond donors (Lipinski definition) is 4. The number of methoxy groups -OCH3 is 1. The van der Waals surface area contributed by atoms with Crippen LogP contribution in [0.2, 0.25) is 0 Å². The number of nitrogens with one attached hydrogen (secondary N) is 3. The van der Waals surface area contributed by atoms with Crippen LogP contribution in [0, 0.1) is 5.92 Å². The Hall–Kier alpha value is -1.83. The van der Waals surface area contributed by atoms with Gasteiger partial charge in [0.15, 0.2) is 0 Å².